The highest BCUT2D eigenvalue weighted by atomic mass is 16.1. The molecule has 0 aliphatic rings. The van der Waals surface area contributed by atoms with Crippen molar-refractivity contribution in [3.63, 3.8) is 0 Å². The number of nitrogens with two attached hydrogens (primary N) is 1. The number of hydrogen-bond donors (Lipinski definition) is 2. The van der Waals surface area contributed by atoms with E-state index in [4.69, 9.17) is 5.73 Å². The Kier molecular flexibility index (Phi) is 4.31. The van der Waals surface area contributed by atoms with Crippen LogP contribution in [0.2, 0.25) is 0 Å². The Morgan fingerprint density at radius 3 is 2.75 bits per heavy atom. The molecule has 0 aromatic heterocycles. The number of rotatable bonds is 5. The summed E-state index contributed by atoms with van der Waals surface area (Å²) in [7, 11) is 3.86. The lowest BCUT2D eigenvalue weighted by atomic mass is 10.1. The van der Waals surface area contributed by atoms with Crippen LogP contribution in [0.1, 0.15) is 15.9 Å². The molecule has 1 aromatic carbocycles. The molecule has 1 rings (SSSR count). The highest BCUT2D eigenvalue weighted by Gasteiger charge is 2.11. The van der Waals surface area contributed by atoms with Gasteiger partial charge >= 0.3 is 0 Å². The molecule has 0 saturated heterocycles. The summed E-state index contributed by atoms with van der Waals surface area (Å²) in [5.74, 6) is -0.383. The zero-order valence-electron chi connectivity index (χ0n) is 10.1. The largest absolute Gasteiger partial charge is 0.373 e. The van der Waals surface area contributed by atoms with E-state index in [-0.39, 0.29) is 5.91 Å². The van der Waals surface area contributed by atoms with Crippen molar-refractivity contribution in [3.05, 3.63) is 29.3 Å². The molecule has 0 atom stereocenters. The molecule has 0 heterocycles. The molecule has 0 radical (unpaired) electrons. The lowest BCUT2D eigenvalue weighted by molar-refractivity contribution is 0.100. The van der Waals surface area contributed by atoms with E-state index in [0.29, 0.717) is 5.56 Å². The molecule has 3 N–H and O–H groups in total. The number of likely N-dealkylation sites (N-methyl/N-ethyl adjacent to an activating group) is 2. The van der Waals surface area contributed by atoms with Gasteiger partial charge in [0.1, 0.15) is 0 Å². The first-order valence-corrected chi connectivity index (χ1v) is 5.32. The zero-order chi connectivity index (χ0) is 12.1. The summed E-state index contributed by atoms with van der Waals surface area (Å²) in [5, 5.41) is 3.07. The van der Waals surface area contributed by atoms with Crippen LogP contribution < -0.4 is 16.0 Å². The molecule has 0 unspecified atom stereocenters. The van der Waals surface area contributed by atoms with Gasteiger partial charge in [0.2, 0.25) is 0 Å². The number of anilines is 1. The fourth-order valence-electron chi connectivity index (χ4n) is 1.57. The molecule has 16 heavy (non-hydrogen) atoms. The van der Waals surface area contributed by atoms with Gasteiger partial charge in [-0.05, 0) is 31.7 Å². The Hall–Kier alpha value is -1.55. The smallest absolute Gasteiger partial charge is 0.250 e. The predicted octanol–water partition coefficient (Wildman–Crippen LogP) is 0.750. The lowest BCUT2D eigenvalue weighted by Gasteiger charge is -2.21. The average Bonchev–Trinajstić information content (AvgIpc) is 2.25. The standard InChI is InChI=1S/C12H19N3O/c1-9-4-5-10(12(13)16)11(8-9)15(3)7-6-14-2/h4-5,8,14H,6-7H2,1-3H3,(H2,13,16). The molecule has 0 fully saturated rings. The van der Waals surface area contributed by atoms with E-state index in [1.54, 1.807) is 6.07 Å². The van der Waals surface area contributed by atoms with Gasteiger partial charge in [0.25, 0.3) is 5.91 Å². The fourth-order valence-corrected chi connectivity index (χ4v) is 1.57. The van der Waals surface area contributed by atoms with Gasteiger partial charge in [-0.15, -0.1) is 0 Å². The summed E-state index contributed by atoms with van der Waals surface area (Å²) >= 11 is 0. The van der Waals surface area contributed by atoms with Crippen LogP contribution in [-0.4, -0.2) is 33.1 Å². The van der Waals surface area contributed by atoms with Gasteiger partial charge in [-0.1, -0.05) is 6.07 Å². The quantitative estimate of drug-likeness (QED) is 0.771. The lowest BCUT2D eigenvalue weighted by Crippen LogP contribution is -2.29. The van der Waals surface area contributed by atoms with E-state index < -0.39 is 0 Å². The van der Waals surface area contributed by atoms with E-state index >= 15 is 0 Å². The van der Waals surface area contributed by atoms with Gasteiger partial charge in [0, 0.05) is 25.8 Å². The summed E-state index contributed by atoms with van der Waals surface area (Å²) in [5.41, 5.74) is 7.94. The van der Waals surface area contributed by atoms with E-state index in [2.05, 4.69) is 5.32 Å². The van der Waals surface area contributed by atoms with Gasteiger partial charge < -0.3 is 16.0 Å². The summed E-state index contributed by atoms with van der Waals surface area (Å²) in [6.45, 7) is 3.70. The van der Waals surface area contributed by atoms with Crippen LogP contribution >= 0.6 is 0 Å². The minimum Gasteiger partial charge on any atom is -0.373 e. The van der Waals surface area contributed by atoms with Crippen LogP contribution in [-0.2, 0) is 0 Å². The van der Waals surface area contributed by atoms with E-state index in [9.17, 15) is 4.79 Å². The molecule has 0 aliphatic carbocycles. The van der Waals surface area contributed by atoms with Gasteiger partial charge in [0.15, 0.2) is 0 Å². The maximum atomic E-state index is 11.3. The number of carbonyl (C=O) groups is 1. The highest BCUT2D eigenvalue weighted by Crippen LogP contribution is 2.20. The van der Waals surface area contributed by atoms with Crippen molar-refractivity contribution in [2.24, 2.45) is 5.73 Å². The number of amides is 1. The second-order valence-corrected chi connectivity index (χ2v) is 3.91. The fraction of sp³-hybridized carbons (Fsp3) is 0.417. The van der Waals surface area contributed by atoms with Crippen molar-refractivity contribution in [2.75, 3.05) is 32.1 Å². The summed E-state index contributed by atoms with van der Waals surface area (Å²) in [4.78, 5) is 13.3. The van der Waals surface area contributed by atoms with Gasteiger partial charge in [-0.3, -0.25) is 4.79 Å². The van der Waals surface area contributed by atoms with E-state index in [1.165, 1.54) is 0 Å². The second-order valence-electron chi connectivity index (χ2n) is 3.91. The van der Waals surface area contributed by atoms with Crippen LogP contribution in [0, 0.1) is 6.92 Å². The number of hydrogen-bond acceptors (Lipinski definition) is 3. The van der Waals surface area contributed by atoms with Crippen LogP contribution in [0.4, 0.5) is 5.69 Å². The number of nitrogens with zero attached hydrogens (tertiary/aromatic N) is 1. The van der Waals surface area contributed by atoms with Crippen LogP contribution in [0.5, 0.6) is 0 Å². The molecule has 0 saturated carbocycles. The highest BCUT2D eigenvalue weighted by molar-refractivity contribution is 5.98. The van der Waals surface area contributed by atoms with Crippen molar-refractivity contribution in [2.45, 2.75) is 6.92 Å². The monoisotopic (exact) mass is 221 g/mol. The van der Waals surface area contributed by atoms with E-state index in [0.717, 1.165) is 24.3 Å². The molecule has 0 spiro atoms. The first-order valence-electron chi connectivity index (χ1n) is 5.32. The molecule has 1 aromatic rings. The second kappa shape index (κ2) is 5.51. The minimum absolute atomic E-state index is 0.383. The van der Waals surface area contributed by atoms with Crippen LogP contribution in [0.15, 0.2) is 18.2 Å². The van der Waals surface area contributed by atoms with Crippen molar-refractivity contribution in [1.29, 1.82) is 0 Å². The third-order valence-corrected chi connectivity index (χ3v) is 2.53. The van der Waals surface area contributed by atoms with Gasteiger partial charge in [0.05, 0.1) is 5.56 Å². The van der Waals surface area contributed by atoms with Gasteiger partial charge in [-0.2, -0.15) is 0 Å². The average molecular weight is 221 g/mol. The Labute approximate surface area is 96.4 Å². The third kappa shape index (κ3) is 2.97. The molecule has 88 valence electrons. The Morgan fingerprint density at radius 2 is 2.19 bits per heavy atom. The zero-order valence-corrected chi connectivity index (χ0v) is 10.1. The molecule has 1 amide bonds. The molecule has 0 bridgehead atoms. The minimum atomic E-state index is -0.383. The molecule has 4 nitrogen and oxygen atoms in total. The first-order chi connectivity index (χ1) is 7.56. The number of nitrogens with one attached hydrogen (secondary N) is 1. The summed E-state index contributed by atoms with van der Waals surface area (Å²) in [6.07, 6.45) is 0. The summed E-state index contributed by atoms with van der Waals surface area (Å²) < 4.78 is 0. The van der Waals surface area contributed by atoms with Crippen LogP contribution in [0.25, 0.3) is 0 Å². The molecular formula is C12H19N3O. The maximum Gasteiger partial charge on any atom is 0.250 e. The maximum absolute atomic E-state index is 11.3. The summed E-state index contributed by atoms with van der Waals surface area (Å²) in [6, 6.07) is 5.66. The molecule has 4 heteroatoms. The third-order valence-electron chi connectivity index (χ3n) is 2.53. The number of aryl methyl sites for hydroxylation is 1. The molecular weight excluding hydrogens is 202 g/mol. The predicted molar refractivity (Wildman–Crippen MR) is 66.9 cm³/mol. The van der Waals surface area contributed by atoms with Crippen molar-refractivity contribution in [3.8, 4) is 0 Å². The number of carbonyl (C=O) groups excluding carboxylic acids is 1. The van der Waals surface area contributed by atoms with Crippen molar-refractivity contribution in [1.82, 2.24) is 5.32 Å². The van der Waals surface area contributed by atoms with E-state index in [1.807, 2.05) is 38.1 Å². The van der Waals surface area contributed by atoms with Crippen molar-refractivity contribution < 1.29 is 4.79 Å². The number of primary amides is 1. The van der Waals surface area contributed by atoms with Gasteiger partial charge in [-0.25, -0.2) is 0 Å². The Morgan fingerprint density at radius 1 is 1.50 bits per heavy atom. The number of benzene rings is 1. The van der Waals surface area contributed by atoms with Crippen molar-refractivity contribution >= 4 is 11.6 Å². The Bertz CT molecular complexity index is 377. The topological polar surface area (TPSA) is 58.4 Å². The van der Waals surface area contributed by atoms with Crippen LogP contribution in [0.3, 0.4) is 0 Å². The SMILES string of the molecule is CNCCN(C)c1cc(C)ccc1C(N)=O. The molecule has 0 aliphatic heterocycles. The first kappa shape index (κ1) is 12.5. The normalized spacial score (nSPS) is 10.2. The Balaban J connectivity index is 2.99.